The summed E-state index contributed by atoms with van der Waals surface area (Å²) in [7, 11) is -3.74. The Morgan fingerprint density at radius 3 is 2.67 bits per heavy atom. The number of allylic oxidation sites excluding steroid dienone is 1. The standard InChI is InChI=1S/C11H14BrFN2O2S/c1-7(2)3-4-15-18(16,17)11-5-8(12)9(13)6-10(11)14/h3,5-6,15H,4,14H2,1-2H3. The molecule has 0 saturated carbocycles. The molecule has 0 radical (unpaired) electrons. The van der Waals surface area contributed by atoms with Crippen molar-refractivity contribution >= 4 is 31.6 Å². The number of hydrogen-bond acceptors (Lipinski definition) is 3. The van der Waals surface area contributed by atoms with Crippen molar-refractivity contribution in [2.75, 3.05) is 12.3 Å². The maximum absolute atomic E-state index is 13.2. The molecule has 0 unspecified atom stereocenters. The van der Waals surface area contributed by atoms with Gasteiger partial charge in [0.05, 0.1) is 10.2 Å². The zero-order valence-electron chi connectivity index (χ0n) is 10.00. The fourth-order valence-electron chi connectivity index (χ4n) is 1.21. The summed E-state index contributed by atoms with van der Waals surface area (Å²) in [6.07, 6.45) is 1.73. The van der Waals surface area contributed by atoms with Gasteiger partial charge in [0.1, 0.15) is 10.7 Å². The van der Waals surface area contributed by atoms with Gasteiger partial charge in [-0.1, -0.05) is 11.6 Å². The Kier molecular flexibility index (Phi) is 4.89. The number of hydrogen-bond donors (Lipinski definition) is 2. The zero-order valence-corrected chi connectivity index (χ0v) is 12.4. The Morgan fingerprint density at radius 2 is 2.11 bits per heavy atom. The van der Waals surface area contributed by atoms with Gasteiger partial charge in [-0.15, -0.1) is 0 Å². The zero-order chi connectivity index (χ0) is 13.9. The maximum Gasteiger partial charge on any atom is 0.242 e. The molecule has 0 amide bonds. The summed E-state index contributed by atoms with van der Waals surface area (Å²) in [5.41, 5.74) is 6.38. The van der Waals surface area contributed by atoms with Crippen molar-refractivity contribution in [2.24, 2.45) is 0 Å². The van der Waals surface area contributed by atoms with E-state index in [1.165, 1.54) is 0 Å². The average molecular weight is 337 g/mol. The van der Waals surface area contributed by atoms with Gasteiger partial charge in [-0.2, -0.15) is 0 Å². The van der Waals surface area contributed by atoms with Gasteiger partial charge in [-0.3, -0.25) is 0 Å². The first kappa shape index (κ1) is 15.1. The number of nitrogens with one attached hydrogen (secondary N) is 1. The van der Waals surface area contributed by atoms with E-state index in [-0.39, 0.29) is 21.6 Å². The lowest BCUT2D eigenvalue weighted by Gasteiger charge is -2.09. The van der Waals surface area contributed by atoms with Crippen LogP contribution in [0.4, 0.5) is 10.1 Å². The lowest BCUT2D eigenvalue weighted by atomic mass is 10.3. The molecule has 0 aromatic heterocycles. The first-order valence-electron chi connectivity index (χ1n) is 5.11. The largest absolute Gasteiger partial charge is 0.398 e. The molecule has 0 aliphatic carbocycles. The highest BCUT2D eigenvalue weighted by atomic mass is 79.9. The molecule has 1 aromatic rings. The second-order valence-corrected chi connectivity index (χ2v) is 6.53. The molecule has 0 heterocycles. The fraction of sp³-hybridized carbons (Fsp3) is 0.273. The Hall–Kier alpha value is -0.920. The van der Waals surface area contributed by atoms with Crippen LogP contribution >= 0.6 is 15.9 Å². The van der Waals surface area contributed by atoms with E-state index in [1.807, 2.05) is 13.8 Å². The highest BCUT2D eigenvalue weighted by Gasteiger charge is 2.18. The number of benzene rings is 1. The summed E-state index contributed by atoms with van der Waals surface area (Å²) < 4.78 is 39.4. The number of anilines is 1. The summed E-state index contributed by atoms with van der Waals surface area (Å²) in [4.78, 5) is -0.141. The van der Waals surface area contributed by atoms with Crippen LogP contribution in [0.3, 0.4) is 0 Å². The van der Waals surface area contributed by atoms with Gasteiger partial charge in [0, 0.05) is 6.54 Å². The summed E-state index contributed by atoms with van der Waals surface area (Å²) in [6.45, 7) is 3.88. The van der Waals surface area contributed by atoms with E-state index in [9.17, 15) is 12.8 Å². The van der Waals surface area contributed by atoms with Crippen molar-refractivity contribution in [3.63, 3.8) is 0 Å². The average Bonchev–Trinajstić information content (AvgIpc) is 2.22. The molecule has 0 spiro atoms. The van der Waals surface area contributed by atoms with Crippen LogP contribution in [-0.4, -0.2) is 15.0 Å². The van der Waals surface area contributed by atoms with Crippen LogP contribution in [0.25, 0.3) is 0 Å². The Morgan fingerprint density at radius 1 is 1.50 bits per heavy atom. The molecule has 4 nitrogen and oxygen atoms in total. The van der Waals surface area contributed by atoms with E-state index in [0.717, 1.165) is 17.7 Å². The number of nitrogen functional groups attached to an aromatic ring is 1. The summed E-state index contributed by atoms with van der Waals surface area (Å²) in [5.74, 6) is -0.601. The van der Waals surface area contributed by atoms with E-state index in [0.29, 0.717) is 0 Å². The smallest absolute Gasteiger partial charge is 0.242 e. The molecular formula is C11H14BrFN2O2S. The Bertz CT molecular complexity index is 581. The van der Waals surface area contributed by atoms with Crippen LogP contribution in [-0.2, 0) is 10.0 Å². The minimum Gasteiger partial charge on any atom is -0.398 e. The minimum absolute atomic E-state index is 0.0549. The Balaban J connectivity index is 3.06. The van der Waals surface area contributed by atoms with E-state index in [4.69, 9.17) is 5.73 Å². The quantitative estimate of drug-likeness (QED) is 0.655. The van der Waals surface area contributed by atoms with Crippen LogP contribution in [0.15, 0.2) is 33.2 Å². The second kappa shape index (κ2) is 5.81. The molecule has 0 saturated heterocycles. The van der Waals surface area contributed by atoms with Crippen molar-refractivity contribution in [3.05, 3.63) is 34.1 Å². The summed E-state index contributed by atoms with van der Waals surface area (Å²) in [5, 5.41) is 0. The molecule has 100 valence electrons. The minimum atomic E-state index is -3.74. The van der Waals surface area contributed by atoms with Crippen molar-refractivity contribution in [1.82, 2.24) is 4.72 Å². The third-order valence-corrected chi connectivity index (χ3v) is 4.21. The number of halogens is 2. The van der Waals surface area contributed by atoms with Crippen LogP contribution in [0.1, 0.15) is 13.8 Å². The first-order chi connectivity index (χ1) is 8.24. The topological polar surface area (TPSA) is 72.2 Å². The number of rotatable bonds is 4. The van der Waals surface area contributed by atoms with E-state index in [2.05, 4.69) is 20.7 Å². The van der Waals surface area contributed by atoms with Gasteiger partial charge in [0.25, 0.3) is 0 Å². The summed E-state index contributed by atoms with van der Waals surface area (Å²) >= 11 is 2.93. The maximum atomic E-state index is 13.2. The van der Waals surface area contributed by atoms with Crippen LogP contribution in [0.2, 0.25) is 0 Å². The molecule has 1 rings (SSSR count). The van der Waals surface area contributed by atoms with E-state index < -0.39 is 15.8 Å². The molecule has 0 bridgehead atoms. The third-order valence-electron chi connectivity index (χ3n) is 2.13. The van der Waals surface area contributed by atoms with Gasteiger partial charge in [0.15, 0.2) is 0 Å². The molecule has 1 aromatic carbocycles. The van der Waals surface area contributed by atoms with E-state index >= 15 is 0 Å². The highest BCUT2D eigenvalue weighted by Crippen LogP contribution is 2.25. The van der Waals surface area contributed by atoms with Crippen LogP contribution < -0.4 is 10.5 Å². The van der Waals surface area contributed by atoms with Gasteiger partial charge >= 0.3 is 0 Å². The molecule has 18 heavy (non-hydrogen) atoms. The molecule has 0 aliphatic rings. The van der Waals surface area contributed by atoms with Crippen molar-refractivity contribution in [2.45, 2.75) is 18.7 Å². The van der Waals surface area contributed by atoms with Crippen molar-refractivity contribution in [3.8, 4) is 0 Å². The number of sulfonamides is 1. The van der Waals surface area contributed by atoms with E-state index in [1.54, 1.807) is 6.08 Å². The van der Waals surface area contributed by atoms with Crippen LogP contribution in [0.5, 0.6) is 0 Å². The van der Waals surface area contributed by atoms with Crippen molar-refractivity contribution < 1.29 is 12.8 Å². The third kappa shape index (κ3) is 3.79. The normalized spacial score (nSPS) is 11.3. The first-order valence-corrected chi connectivity index (χ1v) is 7.39. The lowest BCUT2D eigenvalue weighted by Crippen LogP contribution is -2.25. The van der Waals surface area contributed by atoms with Gasteiger partial charge in [-0.05, 0) is 41.9 Å². The number of nitrogens with two attached hydrogens (primary N) is 1. The second-order valence-electron chi connectivity index (χ2n) is 3.94. The van der Waals surface area contributed by atoms with Gasteiger partial charge in [-0.25, -0.2) is 17.5 Å². The van der Waals surface area contributed by atoms with Crippen molar-refractivity contribution in [1.29, 1.82) is 0 Å². The molecular weight excluding hydrogens is 323 g/mol. The highest BCUT2D eigenvalue weighted by molar-refractivity contribution is 9.10. The fourth-order valence-corrected chi connectivity index (χ4v) is 2.81. The monoisotopic (exact) mass is 336 g/mol. The Labute approximate surface area is 114 Å². The lowest BCUT2D eigenvalue weighted by molar-refractivity contribution is 0.584. The predicted octanol–water partition coefficient (Wildman–Crippen LogP) is 2.41. The van der Waals surface area contributed by atoms with Crippen LogP contribution in [0, 0.1) is 5.82 Å². The van der Waals surface area contributed by atoms with Gasteiger partial charge in [0.2, 0.25) is 10.0 Å². The SMILES string of the molecule is CC(C)=CCNS(=O)(=O)c1cc(Br)c(F)cc1N. The molecule has 0 atom stereocenters. The summed E-state index contributed by atoms with van der Waals surface area (Å²) in [6, 6.07) is 2.12. The molecule has 0 fully saturated rings. The predicted molar refractivity (Wildman–Crippen MR) is 73.1 cm³/mol. The molecule has 3 N–H and O–H groups in total. The molecule has 7 heteroatoms. The van der Waals surface area contributed by atoms with Gasteiger partial charge < -0.3 is 5.73 Å². The molecule has 0 aliphatic heterocycles.